The van der Waals surface area contributed by atoms with E-state index in [1.807, 2.05) is 18.7 Å². The lowest BCUT2D eigenvalue weighted by Gasteiger charge is -2.43. The van der Waals surface area contributed by atoms with Crippen molar-refractivity contribution in [3.05, 3.63) is 18.7 Å². The van der Waals surface area contributed by atoms with Gasteiger partial charge >= 0.3 is 0 Å². The van der Waals surface area contributed by atoms with E-state index in [4.69, 9.17) is 0 Å². The summed E-state index contributed by atoms with van der Waals surface area (Å²) in [5.41, 5.74) is 0.354. The highest BCUT2D eigenvalue weighted by atomic mass is 15.2. The fourth-order valence-electron chi connectivity index (χ4n) is 2.85. The van der Waals surface area contributed by atoms with Crippen LogP contribution in [0.1, 0.15) is 33.1 Å². The third-order valence-electron chi connectivity index (χ3n) is 4.26. The van der Waals surface area contributed by atoms with Gasteiger partial charge in [0.15, 0.2) is 0 Å². The van der Waals surface area contributed by atoms with Crippen molar-refractivity contribution < 1.29 is 0 Å². The maximum absolute atomic E-state index is 4.08. The third-order valence-corrected chi connectivity index (χ3v) is 4.26. The molecule has 0 atom stereocenters. The zero-order chi connectivity index (χ0) is 12.8. The highest BCUT2D eigenvalue weighted by Crippen LogP contribution is 2.19. The Bertz CT molecular complexity index is 330. The van der Waals surface area contributed by atoms with E-state index in [-0.39, 0.29) is 0 Å². The van der Waals surface area contributed by atoms with Crippen LogP contribution < -0.4 is 5.32 Å². The highest BCUT2D eigenvalue weighted by Gasteiger charge is 2.31. The molecule has 0 spiro atoms. The van der Waals surface area contributed by atoms with Crippen LogP contribution in [0.15, 0.2) is 18.7 Å². The number of nitrogens with one attached hydrogen (secondary N) is 1. The molecule has 0 saturated carbocycles. The number of imidazole rings is 1. The minimum atomic E-state index is 0.354. The van der Waals surface area contributed by atoms with Crippen molar-refractivity contribution in [3.8, 4) is 0 Å². The second-order valence-electron chi connectivity index (χ2n) is 5.34. The molecule has 0 radical (unpaired) electrons. The van der Waals surface area contributed by atoms with Gasteiger partial charge in [0.1, 0.15) is 0 Å². The summed E-state index contributed by atoms with van der Waals surface area (Å²) in [5, 5.41) is 3.71. The van der Waals surface area contributed by atoms with Crippen LogP contribution in [0.5, 0.6) is 0 Å². The van der Waals surface area contributed by atoms with Crippen molar-refractivity contribution in [2.24, 2.45) is 0 Å². The molecule has 0 unspecified atom stereocenters. The van der Waals surface area contributed by atoms with Crippen molar-refractivity contribution in [2.45, 2.75) is 45.2 Å². The molecule has 1 aromatic rings. The minimum absolute atomic E-state index is 0.354. The quantitative estimate of drug-likeness (QED) is 0.835. The van der Waals surface area contributed by atoms with E-state index < -0.39 is 0 Å². The minimum Gasteiger partial charge on any atom is -0.337 e. The van der Waals surface area contributed by atoms with Gasteiger partial charge in [-0.25, -0.2) is 4.98 Å². The Morgan fingerprint density at radius 1 is 1.28 bits per heavy atom. The summed E-state index contributed by atoms with van der Waals surface area (Å²) in [6.07, 6.45) is 9.45. The average Bonchev–Trinajstić information content (AvgIpc) is 2.92. The molecule has 4 nitrogen and oxygen atoms in total. The fraction of sp³-hybridized carbons (Fsp3) is 0.786. The lowest BCUT2D eigenvalue weighted by molar-refractivity contribution is 0.121. The average molecular weight is 250 g/mol. The molecule has 18 heavy (non-hydrogen) atoms. The van der Waals surface area contributed by atoms with E-state index in [0.717, 1.165) is 13.1 Å². The van der Waals surface area contributed by atoms with E-state index in [9.17, 15) is 0 Å². The lowest BCUT2D eigenvalue weighted by atomic mass is 9.90. The summed E-state index contributed by atoms with van der Waals surface area (Å²) in [6, 6.07) is 0. The molecule has 1 saturated heterocycles. The molecule has 0 aromatic carbocycles. The predicted octanol–water partition coefficient (Wildman–Crippen LogP) is 1.74. The summed E-state index contributed by atoms with van der Waals surface area (Å²) in [7, 11) is 0. The molecule has 1 aliphatic rings. The van der Waals surface area contributed by atoms with Crippen molar-refractivity contribution in [1.82, 2.24) is 19.8 Å². The number of piperazine rings is 1. The Labute approximate surface area is 110 Å². The molecule has 0 aliphatic carbocycles. The topological polar surface area (TPSA) is 33.1 Å². The molecule has 0 amide bonds. The molecule has 0 bridgehead atoms. The Morgan fingerprint density at radius 3 is 2.78 bits per heavy atom. The molecule has 4 heteroatoms. The van der Waals surface area contributed by atoms with Crippen LogP contribution in [0.2, 0.25) is 0 Å². The zero-order valence-corrected chi connectivity index (χ0v) is 11.7. The number of aromatic nitrogens is 2. The van der Waals surface area contributed by atoms with Crippen LogP contribution in [-0.4, -0.2) is 46.2 Å². The van der Waals surface area contributed by atoms with E-state index in [1.165, 1.54) is 38.9 Å². The molecule has 102 valence electrons. The van der Waals surface area contributed by atoms with Gasteiger partial charge in [-0.15, -0.1) is 0 Å². The summed E-state index contributed by atoms with van der Waals surface area (Å²) >= 11 is 0. The number of rotatable bonds is 6. The van der Waals surface area contributed by atoms with Gasteiger partial charge in [0.25, 0.3) is 0 Å². The van der Waals surface area contributed by atoms with Gasteiger partial charge < -0.3 is 14.8 Å². The molecular formula is C14H26N4. The molecular weight excluding hydrogens is 224 g/mol. The standard InChI is InChI=1S/C14H26N4/c1-3-14(4-2)12-17(11-7-16-14)8-5-9-18-10-6-15-13-18/h6,10,13,16H,3-5,7-9,11-12H2,1-2H3. The number of hydrogen-bond donors (Lipinski definition) is 1. The predicted molar refractivity (Wildman–Crippen MR) is 74.6 cm³/mol. The summed E-state index contributed by atoms with van der Waals surface area (Å²) in [5.74, 6) is 0. The summed E-state index contributed by atoms with van der Waals surface area (Å²) in [6.45, 7) is 10.4. The Hall–Kier alpha value is -0.870. The molecule has 2 rings (SSSR count). The van der Waals surface area contributed by atoms with Gasteiger partial charge in [-0.05, 0) is 25.8 Å². The Kier molecular flexibility index (Phi) is 4.78. The van der Waals surface area contributed by atoms with Crippen LogP contribution in [-0.2, 0) is 6.54 Å². The van der Waals surface area contributed by atoms with Gasteiger partial charge in [-0.2, -0.15) is 0 Å². The second-order valence-corrected chi connectivity index (χ2v) is 5.34. The normalized spacial score (nSPS) is 20.1. The SMILES string of the molecule is CCC1(CC)CN(CCCn2ccnc2)CCN1. The molecule has 1 fully saturated rings. The molecule has 1 aromatic heterocycles. The van der Waals surface area contributed by atoms with E-state index in [0.29, 0.717) is 5.54 Å². The first-order valence-electron chi connectivity index (χ1n) is 7.21. The van der Waals surface area contributed by atoms with Crippen molar-refractivity contribution in [1.29, 1.82) is 0 Å². The van der Waals surface area contributed by atoms with Crippen LogP contribution in [0.25, 0.3) is 0 Å². The molecule has 1 aliphatic heterocycles. The summed E-state index contributed by atoms with van der Waals surface area (Å²) < 4.78 is 2.16. The fourth-order valence-corrected chi connectivity index (χ4v) is 2.85. The first-order chi connectivity index (χ1) is 8.78. The zero-order valence-electron chi connectivity index (χ0n) is 11.7. The van der Waals surface area contributed by atoms with Crippen LogP contribution >= 0.6 is 0 Å². The molecule has 1 N–H and O–H groups in total. The van der Waals surface area contributed by atoms with E-state index in [2.05, 4.69) is 33.6 Å². The lowest BCUT2D eigenvalue weighted by Crippen LogP contribution is -2.59. The van der Waals surface area contributed by atoms with Crippen molar-refractivity contribution in [3.63, 3.8) is 0 Å². The number of aryl methyl sites for hydroxylation is 1. The summed E-state index contributed by atoms with van der Waals surface area (Å²) in [4.78, 5) is 6.69. The van der Waals surface area contributed by atoms with E-state index in [1.54, 1.807) is 0 Å². The van der Waals surface area contributed by atoms with Gasteiger partial charge in [0.05, 0.1) is 6.33 Å². The van der Waals surface area contributed by atoms with Crippen LogP contribution in [0, 0.1) is 0 Å². The number of hydrogen-bond acceptors (Lipinski definition) is 3. The smallest absolute Gasteiger partial charge is 0.0945 e. The maximum atomic E-state index is 4.08. The largest absolute Gasteiger partial charge is 0.337 e. The van der Waals surface area contributed by atoms with Crippen molar-refractivity contribution >= 4 is 0 Å². The first kappa shape index (κ1) is 13.6. The second kappa shape index (κ2) is 6.34. The van der Waals surface area contributed by atoms with Crippen LogP contribution in [0.4, 0.5) is 0 Å². The Balaban J connectivity index is 1.75. The van der Waals surface area contributed by atoms with Gasteiger partial charge in [-0.3, -0.25) is 0 Å². The van der Waals surface area contributed by atoms with Gasteiger partial charge in [0, 0.05) is 44.1 Å². The maximum Gasteiger partial charge on any atom is 0.0945 e. The third kappa shape index (κ3) is 3.33. The Morgan fingerprint density at radius 2 is 2.11 bits per heavy atom. The van der Waals surface area contributed by atoms with E-state index >= 15 is 0 Å². The highest BCUT2D eigenvalue weighted by molar-refractivity contribution is 4.92. The monoisotopic (exact) mass is 250 g/mol. The van der Waals surface area contributed by atoms with Gasteiger partial charge in [-0.1, -0.05) is 13.8 Å². The molecule has 2 heterocycles. The van der Waals surface area contributed by atoms with Gasteiger partial charge in [0.2, 0.25) is 0 Å². The van der Waals surface area contributed by atoms with Crippen LogP contribution in [0.3, 0.4) is 0 Å². The first-order valence-corrected chi connectivity index (χ1v) is 7.21. The van der Waals surface area contributed by atoms with Crippen molar-refractivity contribution in [2.75, 3.05) is 26.2 Å². The number of nitrogens with zero attached hydrogens (tertiary/aromatic N) is 3.